The Morgan fingerprint density at radius 1 is 1.07 bits per heavy atom. The maximum absolute atomic E-state index is 10.4. The molecule has 0 aliphatic heterocycles. The van der Waals surface area contributed by atoms with E-state index in [9.17, 15) is 5.11 Å². The number of nitrogens with zero attached hydrogens (tertiary/aromatic N) is 4. The average Bonchev–Trinajstić information content (AvgIpc) is 3.12. The fraction of sp³-hybridized carbons (Fsp3) is 0.409. The third kappa shape index (κ3) is 5.16. The first kappa shape index (κ1) is 21.3. The van der Waals surface area contributed by atoms with E-state index in [-0.39, 0.29) is 12.0 Å². The number of aliphatic hydroxyl groups is 1. The van der Waals surface area contributed by atoms with Crippen molar-refractivity contribution in [1.82, 2.24) is 20.2 Å². The zero-order valence-corrected chi connectivity index (χ0v) is 18.4. The molecular formula is C22H28N4O2S. The van der Waals surface area contributed by atoms with Crippen molar-refractivity contribution in [3.8, 4) is 11.4 Å². The van der Waals surface area contributed by atoms with Gasteiger partial charge in [0.25, 0.3) is 0 Å². The van der Waals surface area contributed by atoms with Crippen molar-refractivity contribution in [2.24, 2.45) is 0 Å². The molecule has 1 unspecified atom stereocenters. The molecule has 0 aliphatic rings. The second-order valence-electron chi connectivity index (χ2n) is 8.14. The van der Waals surface area contributed by atoms with E-state index in [1.165, 1.54) is 11.8 Å². The van der Waals surface area contributed by atoms with Crippen molar-refractivity contribution in [3.63, 3.8) is 0 Å². The molecule has 1 atom stereocenters. The summed E-state index contributed by atoms with van der Waals surface area (Å²) >= 11 is 1.42. The lowest BCUT2D eigenvalue weighted by Crippen LogP contribution is -2.22. The number of hydrogen-bond donors (Lipinski definition) is 1. The van der Waals surface area contributed by atoms with Crippen LogP contribution < -0.4 is 4.74 Å². The molecule has 0 fully saturated rings. The van der Waals surface area contributed by atoms with Gasteiger partial charge in [-0.05, 0) is 52.4 Å². The van der Waals surface area contributed by atoms with Gasteiger partial charge in [0.15, 0.2) is 0 Å². The SMILES string of the molecule is Cc1cccc(C)c1-n1nnnc1SCC(O)COc1ccccc1C(C)(C)C. The highest BCUT2D eigenvalue weighted by Gasteiger charge is 2.20. The van der Waals surface area contributed by atoms with Crippen molar-refractivity contribution >= 4 is 11.8 Å². The lowest BCUT2D eigenvalue weighted by Gasteiger charge is -2.23. The van der Waals surface area contributed by atoms with Crippen LogP contribution in [0.2, 0.25) is 0 Å². The molecule has 3 aromatic rings. The Bertz CT molecular complexity index is 945. The first-order valence-corrected chi connectivity index (χ1v) is 10.6. The minimum atomic E-state index is -0.642. The van der Waals surface area contributed by atoms with Crippen molar-refractivity contribution in [1.29, 1.82) is 0 Å². The fourth-order valence-corrected chi connectivity index (χ4v) is 3.95. The van der Waals surface area contributed by atoms with Gasteiger partial charge in [-0.2, -0.15) is 4.68 Å². The summed E-state index contributed by atoms with van der Waals surface area (Å²) in [6.07, 6.45) is -0.642. The van der Waals surface area contributed by atoms with Crippen molar-refractivity contribution in [2.45, 2.75) is 51.3 Å². The Hall–Kier alpha value is -2.38. The molecule has 1 heterocycles. The summed E-state index contributed by atoms with van der Waals surface area (Å²) in [7, 11) is 0. The highest BCUT2D eigenvalue weighted by Crippen LogP contribution is 2.31. The van der Waals surface area contributed by atoms with Crippen LogP contribution in [0.15, 0.2) is 47.6 Å². The topological polar surface area (TPSA) is 73.1 Å². The van der Waals surface area contributed by atoms with Gasteiger partial charge in [-0.25, -0.2) is 0 Å². The van der Waals surface area contributed by atoms with Crippen molar-refractivity contribution in [3.05, 3.63) is 59.2 Å². The van der Waals surface area contributed by atoms with E-state index < -0.39 is 6.10 Å². The van der Waals surface area contributed by atoms with Gasteiger partial charge in [-0.1, -0.05) is 68.9 Å². The Morgan fingerprint density at radius 2 is 1.76 bits per heavy atom. The van der Waals surface area contributed by atoms with Crippen LogP contribution in [-0.2, 0) is 5.41 Å². The van der Waals surface area contributed by atoms with Crippen LogP contribution in [0.3, 0.4) is 0 Å². The van der Waals surface area contributed by atoms with Gasteiger partial charge >= 0.3 is 0 Å². The van der Waals surface area contributed by atoms with E-state index >= 15 is 0 Å². The highest BCUT2D eigenvalue weighted by atomic mass is 32.2. The molecular weight excluding hydrogens is 384 g/mol. The van der Waals surface area contributed by atoms with Gasteiger partial charge in [-0.3, -0.25) is 0 Å². The molecule has 0 saturated carbocycles. The molecule has 1 aromatic heterocycles. The average molecular weight is 413 g/mol. The number of aromatic nitrogens is 4. The summed E-state index contributed by atoms with van der Waals surface area (Å²) < 4.78 is 7.66. The molecule has 154 valence electrons. The number of thioether (sulfide) groups is 1. The van der Waals surface area contributed by atoms with Gasteiger partial charge in [-0.15, -0.1) is 5.10 Å². The van der Waals surface area contributed by atoms with E-state index in [1.54, 1.807) is 4.68 Å². The summed E-state index contributed by atoms with van der Waals surface area (Å²) in [6, 6.07) is 14.1. The first-order valence-electron chi connectivity index (χ1n) is 9.65. The Balaban J connectivity index is 1.64. The van der Waals surface area contributed by atoms with Crippen LogP contribution in [0.1, 0.15) is 37.5 Å². The number of benzene rings is 2. The molecule has 0 bridgehead atoms. The van der Waals surface area contributed by atoms with Gasteiger partial charge < -0.3 is 9.84 Å². The number of tetrazole rings is 1. The van der Waals surface area contributed by atoms with Gasteiger partial charge in [0.05, 0.1) is 11.8 Å². The minimum Gasteiger partial charge on any atom is -0.491 e. The molecule has 1 N–H and O–H groups in total. The zero-order chi connectivity index (χ0) is 21.0. The Morgan fingerprint density at radius 3 is 2.45 bits per heavy atom. The predicted molar refractivity (Wildman–Crippen MR) is 116 cm³/mol. The number of hydrogen-bond acceptors (Lipinski definition) is 6. The van der Waals surface area contributed by atoms with Crippen molar-refractivity contribution in [2.75, 3.05) is 12.4 Å². The Kier molecular flexibility index (Phi) is 6.59. The van der Waals surface area contributed by atoms with E-state index in [0.717, 1.165) is 28.1 Å². The monoisotopic (exact) mass is 412 g/mol. The molecule has 2 aromatic carbocycles. The normalized spacial score (nSPS) is 12.8. The quantitative estimate of drug-likeness (QED) is 0.589. The molecule has 0 radical (unpaired) electrons. The number of ether oxygens (including phenoxy) is 1. The molecule has 0 aliphatic carbocycles. The maximum Gasteiger partial charge on any atom is 0.214 e. The first-order chi connectivity index (χ1) is 13.8. The predicted octanol–water partition coefficient (Wildman–Crippen LogP) is 4.11. The maximum atomic E-state index is 10.4. The van der Waals surface area contributed by atoms with Crippen LogP contribution in [0.4, 0.5) is 0 Å². The van der Waals surface area contributed by atoms with Gasteiger partial charge in [0.2, 0.25) is 5.16 Å². The second kappa shape index (κ2) is 8.97. The van der Waals surface area contributed by atoms with Crippen LogP contribution in [-0.4, -0.2) is 43.8 Å². The highest BCUT2D eigenvalue weighted by molar-refractivity contribution is 7.99. The molecule has 6 nitrogen and oxygen atoms in total. The summed E-state index contributed by atoms with van der Waals surface area (Å²) in [4.78, 5) is 0. The van der Waals surface area contributed by atoms with Crippen LogP contribution in [0, 0.1) is 13.8 Å². The van der Waals surface area contributed by atoms with Gasteiger partial charge in [0, 0.05) is 5.75 Å². The fourth-order valence-electron chi connectivity index (χ4n) is 3.17. The van der Waals surface area contributed by atoms with Crippen LogP contribution >= 0.6 is 11.8 Å². The third-order valence-corrected chi connectivity index (χ3v) is 5.69. The zero-order valence-electron chi connectivity index (χ0n) is 17.6. The largest absolute Gasteiger partial charge is 0.491 e. The van der Waals surface area contributed by atoms with E-state index in [2.05, 4.69) is 42.4 Å². The third-order valence-electron chi connectivity index (χ3n) is 4.62. The lowest BCUT2D eigenvalue weighted by molar-refractivity contribution is 0.125. The van der Waals surface area contributed by atoms with E-state index in [0.29, 0.717) is 10.9 Å². The minimum absolute atomic E-state index is 0.0240. The summed E-state index contributed by atoms with van der Waals surface area (Å²) in [5.41, 5.74) is 4.27. The number of aliphatic hydroxyl groups excluding tert-OH is 1. The number of aryl methyl sites for hydroxylation is 2. The van der Waals surface area contributed by atoms with Crippen LogP contribution in [0.25, 0.3) is 5.69 Å². The number of para-hydroxylation sites is 2. The van der Waals surface area contributed by atoms with E-state index in [4.69, 9.17) is 4.74 Å². The molecule has 0 spiro atoms. The molecule has 0 saturated heterocycles. The lowest BCUT2D eigenvalue weighted by atomic mass is 9.86. The smallest absolute Gasteiger partial charge is 0.214 e. The summed E-state index contributed by atoms with van der Waals surface area (Å²) in [5.74, 6) is 1.24. The van der Waals surface area contributed by atoms with Crippen molar-refractivity contribution < 1.29 is 9.84 Å². The molecule has 29 heavy (non-hydrogen) atoms. The van der Waals surface area contributed by atoms with Gasteiger partial charge in [0.1, 0.15) is 12.4 Å². The number of rotatable bonds is 7. The summed E-state index contributed by atoms with van der Waals surface area (Å²) in [6.45, 7) is 10.7. The standard InChI is InChI=1S/C22H28N4O2S/c1-15-9-8-10-16(2)20(15)26-21(23-24-25-26)29-14-17(27)13-28-19-12-7-6-11-18(19)22(3,4)5/h6-12,17,27H,13-14H2,1-5H3. The summed E-state index contributed by atoms with van der Waals surface area (Å²) in [5, 5.41) is 23.2. The van der Waals surface area contributed by atoms with E-state index in [1.807, 2.05) is 50.2 Å². The van der Waals surface area contributed by atoms with Crippen LogP contribution in [0.5, 0.6) is 5.75 Å². The Labute approximate surface area is 176 Å². The molecule has 7 heteroatoms. The second-order valence-corrected chi connectivity index (χ2v) is 9.12. The molecule has 3 rings (SSSR count). The molecule has 0 amide bonds.